The molecule has 0 aromatic heterocycles. The Morgan fingerprint density at radius 1 is 1.24 bits per heavy atom. The fourth-order valence-electron chi connectivity index (χ4n) is 2.01. The van der Waals surface area contributed by atoms with E-state index in [1.54, 1.807) is 36.4 Å². The molecule has 0 spiro atoms. The second-order valence-electron chi connectivity index (χ2n) is 4.85. The van der Waals surface area contributed by atoms with Crippen LogP contribution in [-0.4, -0.2) is 20.0 Å². The quantitative estimate of drug-likeness (QED) is 0.670. The fourth-order valence-corrected chi connectivity index (χ4v) is 2.01. The second kappa shape index (κ2) is 6.02. The van der Waals surface area contributed by atoms with Gasteiger partial charge in [0.1, 0.15) is 0 Å². The normalized spacial score (nSPS) is 9.76. The molecular formula is C17H17N3O. The van der Waals surface area contributed by atoms with Gasteiger partial charge in [0.2, 0.25) is 0 Å². The summed E-state index contributed by atoms with van der Waals surface area (Å²) in [5.41, 5.74) is 9.02. The molecule has 4 heteroatoms. The standard InChI is InChI=1S/C17H17N3O/c1-4-12-6-5-7-14(10-12)19-17(21)15-11-13(18)8-9-16(15)20(2)3/h1,5-11H,18H2,2-3H3,(H,19,21). The van der Waals surface area contributed by atoms with Crippen molar-refractivity contribution in [3.8, 4) is 12.3 Å². The van der Waals surface area contributed by atoms with E-state index in [1.165, 1.54) is 0 Å². The number of terminal acetylenes is 1. The van der Waals surface area contributed by atoms with Crippen LogP contribution in [-0.2, 0) is 0 Å². The molecule has 21 heavy (non-hydrogen) atoms. The van der Waals surface area contributed by atoms with Crippen molar-refractivity contribution in [1.29, 1.82) is 0 Å². The first-order valence-corrected chi connectivity index (χ1v) is 6.46. The highest BCUT2D eigenvalue weighted by molar-refractivity contribution is 6.08. The Bertz CT molecular complexity index is 714. The maximum Gasteiger partial charge on any atom is 0.257 e. The summed E-state index contributed by atoms with van der Waals surface area (Å²) in [4.78, 5) is 14.3. The van der Waals surface area contributed by atoms with E-state index in [0.29, 0.717) is 22.5 Å². The molecule has 0 saturated carbocycles. The first-order chi connectivity index (χ1) is 10.0. The zero-order valence-electron chi connectivity index (χ0n) is 12.1. The van der Waals surface area contributed by atoms with Crippen LogP contribution in [0, 0.1) is 12.3 Å². The summed E-state index contributed by atoms with van der Waals surface area (Å²) >= 11 is 0. The minimum absolute atomic E-state index is 0.222. The molecule has 0 aliphatic rings. The Morgan fingerprint density at radius 2 is 2.00 bits per heavy atom. The highest BCUT2D eigenvalue weighted by Gasteiger charge is 2.13. The van der Waals surface area contributed by atoms with Crippen molar-refractivity contribution in [3.63, 3.8) is 0 Å². The van der Waals surface area contributed by atoms with Gasteiger partial charge in [-0.1, -0.05) is 12.0 Å². The lowest BCUT2D eigenvalue weighted by atomic mass is 10.1. The van der Waals surface area contributed by atoms with Crippen molar-refractivity contribution in [3.05, 3.63) is 53.6 Å². The molecule has 0 saturated heterocycles. The monoisotopic (exact) mass is 279 g/mol. The molecule has 0 radical (unpaired) electrons. The van der Waals surface area contributed by atoms with Crippen LogP contribution in [0.25, 0.3) is 0 Å². The summed E-state index contributed by atoms with van der Waals surface area (Å²) in [6.45, 7) is 0. The van der Waals surface area contributed by atoms with Crippen molar-refractivity contribution in [1.82, 2.24) is 0 Å². The minimum atomic E-state index is -0.222. The number of hydrogen-bond donors (Lipinski definition) is 2. The van der Waals surface area contributed by atoms with Crippen LogP contribution in [0.5, 0.6) is 0 Å². The maximum atomic E-state index is 12.4. The van der Waals surface area contributed by atoms with Crippen LogP contribution in [0.1, 0.15) is 15.9 Å². The molecule has 0 fully saturated rings. The average molecular weight is 279 g/mol. The Hall–Kier alpha value is -2.93. The van der Waals surface area contributed by atoms with Crippen LogP contribution >= 0.6 is 0 Å². The molecule has 0 aliphatic heterocycles. The number of amides is 1. The van der Waals surface area contributed by atoms with E-state index in [4.69, 9.17) is 12.2 Å². The first-order valence-electron chi connectivity index (χ1n) is 6.46. The molecule has 2 rings (SSSR count). The van der Waals surface area contributed by atoms with Crippen LogP contribution in [0.3, 0.4) is 0 Å². The van der Waals surface area contributed by atoms with E-state index in [-0.39, 0.29) is 5.91 Å². The van der Waals surface area contributed by atoms with Gasteiger partial charge in [-0.3, -0.25) is 4.79 Å². The number of carbonyl (C=O) groups is 1. The highest BCUT2D eigenvalue weighted by atomic mass is 16.1. The molecule has 0 bridgehead atoms. The predicted octanol–water partition coefficient (Wildman–Crippen LogP) is 2.57. The van der Waals surface area contributed by atoms with Gasteiger partial charge in [0.15, 0.2) is 0 Å². The number of nitrogen functional groups attached to an aromatic ring is 1. The van der Waals surface area contributed by atoms with Crippen molar-refractivity contribution in [2.45, 2.75) is 0 Å². The minimum Gasteiger partial charge on any atom is -0.399 e. The lowest BCUT2D eigenvalue weighted by Crippen LogP contribution is -2.18. The third-order valence-corrected chi connectivity index (χ3v) is 3.03. The van der Waals surface area contributed by atoms with Gasteiger partial charge in [-0.05, 0) is 36.4 Å². The maximum absolute atomic E-state index is 12.4. The Labute approximate surface area is 124 Å². The van der Waals surface area contributed by atoms with Crippen LogP contribution < -0.4 is 16.0 Å². The van der Waals surface area contributed by atoms with E-state index >= 15 is 0 Å². The molecule has 0 heterocycles. The third kappa shape index (κ3) is 3.34. The Balaban J connectivity index is 2.32. The zero-order valence-corrected chi connectivity index (χ0v) is 12.1. The highest BCUT2D eigenvalue weighted by Crippen LogP contribution is 2.23. The molecule has 2 aromatic carbocycles. The van der Waals surface area contributed by atoms with E-state index in [1.807, 2.05) is 25.1 Å². The number of benzene rings is 2. The summed E-state index contributed by atoms with van der Waals surface area (Å²) in [7, 11) is 3.75. The summed E-state index contributed by atoms with van der Waals surface area (Å²) in [6, 6.07) is 12.4. The molecule has 0 aliphatic carbocycles. The van der Waals surface area contributed by atoms with Gasteiger partial charge in [0.25, 0.3) is 5.91 Å². The van der Waals surface area contributed by atoms with Gasteiger partial charge >= 0.3 is 0 Å². The fraction of sp³-hybridized carbons (Fsp3) is 0.118. The summed E-state index contributed by atoms with van der Waals surface area (Å²) in [5.74, 6) is 2.32. The summed E-state index contributed by atoms with van der Waals surface area (Å²) in [5, 5.41) is 2.84. The molecule has 2 aromatic rings. The Kier molecular flexibility index (Phi) is 4.15. The van der Waals surface area contributed by atoms with Gasteiger partial charge < -0.3 is 16.0 Å². The van der Waals surface area contributed by atoms with E-state index in [2.05, 4.69) is 11.2 Å². The van der Waals surface area contributed by atoms with Gasteiger partial charge in [-0.25, -0.2) is 0 Å². The largest absolute Gasteiger partial charge is 0.399 e. The van der Waals surface area contributed by atoms with Crippen molar-refractivity contribution < 1.29 is 4.79 Å². The molecule has 3 N–H and O–H groups in total. The lowest BCUT2D eigenvalue weighted by molar-refractivity contribution is 0.102. The zero-order chi connectivity index (χ0) is 15.4. The number of anilines is 3. The van der Waals surface area contributed by atoms with E-state index in [9.17, 15) is 4.79 Å². The topological polar surface area (TPSA) is 58.4 Å². The molecule has 106 valence electrons. The second-order valence-corrected chi connectivity index (χ2v) is 4.85. The van der Waals surface area contributed by atoms with Crippen molar-refractivity contribution >= 4 is 23.0 Å². The molecule has 0 unspecified atom stereocenters. The van der Waals surface area contributed by atoms with Crippen molar-refractivity contribution in [2.75, 3.05) is 30.0 Å². The third-order valence-electron chi connectivity index (χ3n) is 3.03. The lowest BCUT2D eigenvalue weighted by Gasteiger charge is -2.17. The number of rotatable bonds is 3. The van der Waals surface area contributed by atoms with Gasteiger partial charge in [0, 0.05) is 36.7 Å². The van der Waals surface area contributed by atoms with Crippen molar-refractivity contribution in [2.24, 2.45) is 0 Å². The van der Waals surface area contributed by atoms with Gasteiger partial charge in [-0.15, -0.1) is 6.42 Å². The number of carbonyl (C=O) groups excluding carboxylic acids is 1. The summed E-state index contributed by atoms with van der Waals surface area (Å²) < 4.78 is 0. The van der Waals surface area contributed by atoms with Gasteiger partial charge in [0.05, 0.1) is 5.56 Å². The number of hydrogen-bond acceptors (Lipinski definition) is 3. The number of nitrogens with two attached hydrogens (primary N) is 1. The SMILES string of the molecule is C#Cc1cccc(NC(=O)c2cc(N)ccc2N(C)C)c1. The van der Waals surface area contributed by atoms with Crippen LogP contribution in [0.15, 0.2) is 42.5 Å². The van der Waals surface area contributed by atoms with E-state index in [0.717, 1.165) is 5.69 Å². The van der Waals surface area contributed by atoms with Crippen LogP contribution in [0.4, 0.5) is 17.1 Å². The molecule has 1 amide bonds. The average Bonchev–Trinajstić information content (AvgIpc) is 2.47. The molecular weight excluding hydrogens is 262 g/mol. The van der Waals surface area contributed by atoms with Gasteiger partial charge in [-0.2, -0.15) is 0 Å². The van der Waals surface area contributed by atoms with Crippen LogP contribution in [0.2, 0.25) is 0 Å². The Morgan fingerprint density at radius 3 is 2.67 bits per heavy atom. The molecule has 0 atom stereocenters. The van der Waals surface area contributed by atoms with E-state index < -0.39 is 0 Å². The number of nitrogens with one attached hydrogen (secondary N) is 1. The summed E-state index contributed by atoms with van der Waals surface area (Å²) in [6.07, 6.45) is 5.36. The predicted molar refractivity (Wildman–Crippen MR) is 87.5 cm³/mol. The first kappa shape index (κ1) is 14.5. The number of nitrogens with zero attached hydrogens (tertiary/aromatic N) is 1. The molecule has 4 nitrogen and oxygen atoms in total. The smallest absolute Gasteiger partial charge is 0.257 e.